The van der Waals surface area contributed by atoms with Crippen LogP contribution >= 0.6 is 0 Å². The van der Waals surface area contributed by atoms with Crippen molar-refractivity contribution in [2.24, 2.45) is 0 Å². The van der Waals surface area contributed by atoms with Crippen molar-refractivity contribution in [1.82, 2.24) is 5.32 Å². The van der Waals surface area contributed by atoms with Crippen LogP contribution in [0.25, 0.3) is 0 Å². The predicted octanol–water partition coefficient (Wildman–Crippen LogP) is 3.35. The first-order chi connectivity index (χ1) is 9.55. The molecule has 3 heteroatoms. The molecule has 0 aliphatic rings. The van der Waals surface area contributed by atoms with Crippen molar-refractivity contribution in [3.05, 3.63) is 60.1 Å². The van der Waals surface area contributed by atoms with E-state index in [4.69, 9.17) is 4.42 Å². The number of hydrogen-bond donors (Lipinski definition) is 1. The Balaban J connectivity index is 1.82. The van der Waals surface area contributed by atoms with E-state index in [9.17, 15) is 4.79 Å². The fourth-order valence-electron chi connectivity index (χ4n) is 2.28. The molecule has 1 amide bonds. The first-order valence-electron chi connectivity index (χ1n) is 6.92. The quantitative estimate of drug-likeness (QED) is 0.875. The van der Waals surface area contributed by atoms with Gasteiger partial charge in [0.15, 0.2) is 0 Å². The van der Waals surface area contributed by atoms with Crippen LogP contribution in [0, 0.1) is 0 Å². The van der Waals surface area contributed by atoms with Crippen LogP contribution < -0.4 is 5.32 Å². The van der Waals surface area contributed by atoms with Crippen LogP contribution in [-0.2, 0) is 17.6 Å². The van der Waals surface area contributed by atoms with E-state index in [-0.39, 0.29) is 11.4 Å². The average Bonchev–Trinajstić information content (AvgIpc) is 2.89. The Morgan fingerprint density at radius 2 is 1.90 bits per heavy atom. The topological polar surface area (TPSA) is 42.2 Å². The van der Waals surface area contributed by atoms with Gasteiger partial charge in [0.1, 0.15) is 5.76 Å². The molecular weight excluding hydrogens is 250 g/mol. The molecule has 1 aromatic carbocycles. The molecule has 0 atom stereocenters. The lowest BCUT2D eigenvalue weighted by Gasteiger charge is -2.26. The van der Waals surface area contributed by atoms with E-state index in [0.717, 1.165) is 12.2 Å². The molecule has 0 radical (unpaired) electrons. The zero-order valence-corrected chi connectivity index (χ0v) is 12.1. The summed E-state index contributed by atoms with van der Waals surface area (Å²) in [6.07, 6.45) is 3.54. The van der Waals surface area contributed by atoms with Gasteiger partial charge in [0, 0.05) is 18.4 Å². The molecule has 0 saturated heterocycles. The Labute approximate surface area is 120 Å². The Kier molecular flexibility index (Phi) is 4.61. The maximum absolute atomic E-state index is 12.0. The second-order valence-corrected chi connectivity index (χ2v) is 5.67. The van der Waals surface area contributed by atoms with Gasteiger partial charge in [0.05, 0.1) is 6.26 Å². The van der Waals surface area contributed by atoms with Gasteiger partial charge in [-0.15, -0.1) is 0 Å². The van der Waals surface area contributed by atoms with Crippen LogP contribution in [-0.4, -0.2) is 11.4 Å². The molecule has 0 aliphatic heterocycles. The van der Waals surface area contributed by atoms with E-state index in [1.165, 1.54) is 5.56 Å². The number of carbonyl (C=O) groups is 1. The van der Waals surface area contributed by atoms with Crippen LogP contribution in [0.5, 0.6) is 0 Å². The van der Waals surface area contributed by atoms with Crippen molar-refractivity contribution < 1.29 is 9.21 Å². The van der Waals surface area contributed by atoms with Gasteiger partial charge in [-0.25, -0.2) is 0 Å². The molecule has 1 heterocycles. The summed E-state index contributed by atoms with van der Waals surface area (Å²) in [5, 5.41) is 3.09. The number of aryl methyl sites for hydroxylation is 1. The van der Waals surface area contributed by atoms with Crippen molar-refractivity contribution in [1.29, 1.82) is 0 Å². The highest BCUT2D eigenvalue weighted by molar-refractivity contribution is 5.76. The molecule has 2 aromatic rings. The first-order valence-corrected chi connectivity index (χ1v) is 6.92. The molecule has 20 heavy (non-hydrogen) atoms. The summed E-state index contributed by atoms with van der Waals surface area (Å²) in [6.45, 7) is 4.09. The second-order valence-electron chi connectivity index (χ2n) is 5.67. The summed E-state index contributed by atoms with van der Waals surface area (Å²) < 4.78 is 5.23. The van der Waals surface area contributed by atoms with E-state index in [1.807, 2.05) is 44.2 Å². The summed E-state index contributed by atoms with van der Waals surface area (Å²) in [5.41, 5.74) is 0.977. The van der Waals surface area contributed by atoms with Gasteiger partial charge in [0.25, 0.3) is 0 Å². The molecule has 0 fully saturated rings. The lowest BCUT2D eigenvalue weighted by molar-refractivity contribution is -0.122. The van der Waals surface area contributed by atoms with Crippen LogP contribution in [0.4, 0.5) is 0 Å². The summed E-state index contributed by atoms with van der Waals surface area (Å²) in [4.78, 5) is 12.0. The van der Waals surface area contributed by atoms with Crippen LogP contribution in [0.15, 0.2) is 53.1 Å². The highest BCUT2D eigenvalue weighted by atomic mass is 16.3. The minimum Gasteiger partial charge on any atom is -0.469 e. The van der Waals surface area contributed by atoms with Gasteiger partial charge in [0.2, 0.25) is 5.91 Å². The van der Waals surface area contributed by atoms with Gasteiger partial charge in [-0.2, -0.15) is 0 Å². The minimum atomic E-state index is -0.248. The molecule has 1 N–H and O–H groups in total. The van der Waals surface area contributed by atoms with Crippen molar-refractivity contribution in [3.63, 3.8) is 0 Å². The maximum Gasteiger partial charge on any atom is 0.220 e. The Morgan fingerprint density at radius 1 is 1.15 bits per heavy atom. The number of nitrogens with one attached hydrogen (secondary N) is 1. The van der Waals surface area contributed by atoms with Crippen molar-refractivity contribution in [3.8, 4) is 0 Å². The highest BCUT2D eigenvalue weighted by Crippen LogP contribution is 2.13. The third-order valence-corrected chi connectivity index (χ3v) is 3.15. The molecule has 2 rings (SSSR count). The number of rotatable bonds is 6. The van der Waals surface area contributed by atoms with Crippen LogP contribution in [0.2, 0.25) is 0 Å². The van der Waals surface area contributed by atoms with Crippen molar-refractivity contribution in [2.45, 2.75) is 38.6 Å². The molecule has 3 nitrogen and oxygen atoms in total. The molecular formula is C17H21NO2. The van der Waals surface area contributed by atoms with Gasteiger partial charge >= 0.3 is 0 Å². The third-order valence-electron chi connectivity index (χ3n) is 3.15. The first kappa shape index (κ1) is 14.4. The zero-order valence-electron chi connectivity index (χ0n) is 12.1. The molecule has 0 saturated carbocycles. The third kappa shape index (κ3) is 4.57. The number of carbonyl (C=O) groups excluding carboxylic acids is 1. The van der Waals surface area contributed by atoms with Gasteiger partial charge in [-0.05, 0) is 38.0 Å². The number of hydrogen-bond acceptors (Lipinski definition) is 2. The van der Waals surface area contributed by atoms with Gasteiger partial charge in [-0.3, -0.25) is 4.79 Å². The number of amides is 1. The number of furan rings is 1. The zero-order chi connectivity index (χ0) is 14.4. The Morgan fingerprint density at radius 3 is 2.55 bits per heavy atom. The van der Waals surface area contributed by atoms with E-state index in [0.29, 0.717) is 12.8 Å². The van der Waals surface area contributed by atoms with Gasteiger partial charge in [-0.1, -0.05) is 30.3 Å². The largest absolute Gasteiger partial charge is 0.469 e. The Hall–Kier alpha value is -2.03. The van der Waals surface area contributed by atoms with E-state index >= 15 is 0 Å². The lowest BCUT2D eigenvalue weighted by Crippen LogP contribution is -2.45. The van der Waals surface area contributed by atoms with Gasteiger partial charge < -0.3 is 9.73 Å². The molecule has 1 aromatic heterocycles. The van der Waals surface area contributed by atoms with Crippen LogP contribution in [0.3, 0.4) is 0 Å². The van der Waals surface area contributed by atoms with E-state index in [2.05, 4.69) is 17.4 Å². The fraction of sp³-hybridized carbons (Fsp3) is 0.353. The van der Waals surface area contributed by atoms with E-state index < -0.39 is 0 Å². The average molecular weight is 271 g/mol. The SMILES string of the molecule is CC(C)(Cc1ccccc1)NC(=O)CCc1ccco1. The van der Waals surface area contributed by atoms with E-state index in [1.54, 1.807) is 6.26 Å². The van der Waals surface area contributed by atoms with Crippen LogP contribution in [0.1, 0.15) is 31.6 Å². The smallest absolute Gasteiger partial charge is 0.220 e. The second kappa shape index (κ2) is 6.42. The molecule has 106 valence electrons. The fourth-order valence-corrected chi connectivity index (χ4v) is 2.28. The molecule has 0 aliphatic carbocycles. The minimum absolute atomic E-state index is 0.0577. The predicted molar refractivity (Wildman–Crippen MR) is 79.4 cm³/mol. The summed E-state index contributed by atoms with van der Waals surface area (Å²) in [7, 11) is 0. The molecule has 0 unspecified atom stereocenters. The monoisotopic (exact) mass is 271 g/mol. The molecule has 0 spiro atoms. The standard InChI is InChI=1S/C17H21NO2/c1-17(2,13-14-7-4-3-5-8-14)18-16(19)11-10-15-9-6-12-20-15/h3-9,12H,10-11,13H2,1-2H3,(H,18,19). The Bertz CT molecular complexity index is 529. The van der Waals surface area contributed by atoms with Crippen molar-refractivity contribution >= 4 is 5.91 Å². The summed E-state index contributed by atoms with van der Waals surface area (Å²) >= 11 is 0. The molecule has 0 bridgehead atoms. The maximum atomic E-state index is 12.0. The number of benzene rings is 1. The normalized spacial score (nSPS) is 11.3. The van der Waals surface area contributed by atoms with Crippen molar-refractivity contribution in [2.75, 3.05) is 0 Å². The summed E-state index contributed by atoms with van der Waals surface area (Å²) in [6, 6.07) is 13.9. The lowest BCUT2D eigenvalue weighted by atomic mass is 9.94. The highest BCUT2D eigenvalue weighted by Gasteiger charge is 2.20. The summed E-state index contributed by atoms with van der Waals surface area (Å²) in [5.74, 6) is 0.906.